The summed E-state index contributed by atoms with van der Waals surface area (Å²) in [6.45, 7) is 0.188. The Morgan fingerprint density at radius 1 is 1.29 bits per heavy atom. The average Bonchev–Trinajstić information content (AvgIpc) is 2.38. The molecule has 21 heavy (non-hydrogen) atoms. The number of halogens is 4. The molecule has 0 amide bonds. The third-order valence-corrected chi connectivity index (χ3v) is 4.12. The van der Waals surface area contributed by atoms with Crippen LogP contribution in [0.5, 0.6) is 0 Å². The van der Waals surface area contributed by atoms with Crippen molar-refractivity contribution in [1.29, 1.82) is 0 Å². The normalized spacial score (nSPS) is 10.5. The monoisotopic (exact) mass is 436 g/mol. The van der Waals surface area contributed by atoms with E-state index in [1.807, 2.05) is 0 Å². The number of benzene rings is 2. The van der Waals surface area contributed by atoms with Crippen molar-refractivity contribution in [3.05, 3.63) is 65.8 Å². The van der Waals surface area contributed by atoms with Crippen LogP contribution in [0.15, 0.2) is 39.3 Å². The summed E-state index contributed by atoms with van der Waals surface area (Å²) >= 11 is 12.4. The minimum absolute atomic E-state index is 0.00812. The molecular weight excluding hydrogens is 430 g/mol. The van der Waals surface area contributed by atoms with Crippen molar-refractivity contribution in [3.63, 3.8) is 0 Å². The first-order valence-corrected chi connectivity index (χ1v) is 7.66. The summed E-state index contributed by atoms with van der Waals surface area (Å²) in [7, 11) is 0. The smallest absolute Gasteiger partial charge is 0.275 e. The van der Waals surface area contributed by atoms with E-state index in [2.05, 4.69) is 37.2 Å². The van der Waals surface area contributed by atoms with Gasteiger partial charge in [-0.05, 0) is 40.2 Å². The van der Waals surface area contributed by atoms with Crippen LogP contribution in [-0.4, -0.2) is 4.92 Å². The molecule has 0 atom stereocenters. The minimum atomic E-state index is -0.466. The molecule has 0 bridgehead atoms. The third-order valence-electron chi connectivity index (χ3n) is 2.71. The number of nitro groups is 1. The highest BCUT2D eigenvalue weighted by Gasteiger charge is 2.15. The highest BCUT2D eigenvalue weighted by molar-refractivity contribution is 9.10. The van der Waals surface area contributed by atoms with Gasteiger partial charge in [0.1, 0.15) is 5.82 Å². The highest BCUT2D eigenvalue weighted by atomic mass is 79.9. The summed E-state index contributed by atoms with van der Waals surface area (Å²) < 4.78 is 14.2. The van der Waals surface area contributed by atoms with Gasteiger partial charge >= 0.3 is 0 Å². The van der Waals surface area contributed by atoms with Crippen molar-refractivity contribution < 1.29 is 9.31 Å². The predicted molar refractivity (Wildman–Crippen MR) is 87.2 cm³/mol. The van der Waals surface area contributed by atoms with E-state index in [1.165, 1.54) is 18.2 Å². The number of hydrogen-bond acceptors (Lipinski definition) is 3. The molecule has 8 heteroatoms. The van der Waals surface area contributed by atoms with Gasteiger partial charge < -0.3 is 5.32 Å². The Hall–Kier alpha value is -1.18. The second-order valence-corrected chi connectivity index (χ2v) is 6.31. The summed E-state index contributed by atoms with van der Waals surface area (Å²) in [6.07, 6.45) is 0. The summed E-state index contributed by atoms with van der Waals surface area (Å²) in [4.78, 5) is 10.6. The first-order valence-electron chi connectivity index (χ1n) is 5.69. The van der Waals surface area contributed by atoms with E-state index < -0.39 is 10.7 Å². The predicted octanol–water partition coefficient (Wildman–Crippen LogP) is 5.52. The fourth-order valence-electron chi connectivity index (χ4n) is 1.75. The number of anilines is 1. The lowest BCUT2D eigenvalue weighted by molar-refractivity contribution is -0.385. The molecule has 0 unspecified atom stereocenters. The lowest BCUT2D eigenvalue weighted by Gasteiger charge is -2.11. The topological polar surface area (TPSA) is 55.2 Å². The van der Waals surface area contributed by atoms with Crippen LogP contribution in [-0.2, 0) is 6.54 Å². The molecule has 0 aliphatic rings. The average molecular weight is 438 g/mol. The van der Waals surface area contributed by atoms with E-state index in [0.717, 1.165) is 0 Å². The molecule has 2 aromatic carbocycles. The summed E-state index contributed by atoms with van der Waals surface area (Å²) in [5.41, 5.74) is 0.969. The maximum absolute atomic E-state index is 13.1. The van der Waals surface area contributed by atoms with Crippen molar-refractivity contribution in [2.45, 2.75) is 6.54 Å². The second kappa shape index (κ2) is 6.72. The first kappa shape index (κ1) is 16.2. The Morgan fingerprint density at radius 3 is 2.62 bits per heavy atom. The van der Waals surface area contributed by atoms with E-state index in [0.29, 0.717) is 20.2 Å². The molecule has 0 saturated heterocycles. The number of nitrogens with one attached hydrogen (secondary N) is 1. The molecule has 0 heterocycles. The van der Waals surface area contributed by atoms with Crippen LogP contribution in [0.2, 0.25) is 5.02 Å². The highest BCUT2D eigenvalue weighted by Crippen LogP contribution is 2.33. The molecule has 0 fully saturated rings. The van der Waals surface area contributed by atoms with Gasteiger partial charge in [-0.3, -0.25) is 10.1 Å². The van der Waals surface area contributed by atoms with Crippen LogP contribution in [0.3, 0.4) is 0 Å². The van der Waals surface area contributed by atoms with Crippen LogP contribution in [0.25, 0.3) is 0 Å². The number of hydrogen-bond donors (Lipinski definition) is 1. The van der Waals surface area contributed by atoms with Crippen LogP contribution in [0.1, 0.15) is 5.56 Å². The van der Waals surface area contributed by atoms with Gasteiger partial charge in [0, 0.05) is 27.1 Å². The van der Waals surface area contributed by atoms with Crippen LogP contribution in [0, 0.1) is 15.9 Å². The van der Waals surface area contributed by atoms with Crippen molar-refractivity contribution in [2.24, 2.45) is 0 Å². The quantitative estimate of drug-likeness (QED) is 0.505. The standard InChI is InChI=1S/C13H8Br2ClFN2O2/c14-8-2-1-7(12(3-8)19(20)21)6-18-13-10(15)4-9(17)5-11(13)16/h1-5,18H,6H2. The lowest BCUT2D eigenvalue weighted by atomic mass is 10.1. The minimum Gasteiger partial charge on any atom is -0.379 e. The van der Waals surface area contributed by atoms with E-state index in [9.17, 15) is 14.5 Å². The molecule has 0 aliphatic heterocycles. The van der Waals surface area contributed by atoms with Gasteiger partial charge in [0.15, 0.2) is 0 Å². The van der Waals surface area contributed by atoms with Crippen LogP contribution < -0.4 is 5.32 Å². The fraction of sp³-hybridized carbons (Fsp3) is 0.0769. The number of nitrogens with zero attached hydrogens (tertiary/aromatic N) is 1. The van der Waals surface area contributed by atoms with Gasteiger partial charge in [-0.15, -0.1) is 0 Å². The molecule has 0 spiro atoms. The molecule has 1 N–H and O–H groups in total. The SMILES string of the molecule is O=[N+]([O-])c1cc(Br)ccc1CNc1c(Cl)cc(F)cc1Br. The number of nitro benzene ring substituents is 1. The summed E-state index contributed by atoms with van der Waals surface area (Å²) in [6, 6.07) is 7.22. The van der Waals surface area contributed by atoms with Gasteiger partial charge in [0.25, 0.3) is 5.69 Å². The van der Waals surface area contributed by atoms with Gasteiger partial charge in [-0.25, -0.2) is 4.39 Å². The molecule has 0 aliphatic carbocycles. The maximum Gasteiger partial charge on any atom is 0.275 e. The van der Waals surface area contributed by atoms with Gasteiger partial charge in [0.2, 0.25) is 0 Å². The zero-order chi connectivity index (χ0) is 15.6. The van der Waals surface area contributed by atoms with Gasteiger partial charge in [-0.2, -0.15) is 0 Å². The first-order chi connectivity index (χ1) is 9.88. The summed E-state index contributed by atoms with van der Waals surface area (Å²) in [5.74, 6) is -0.466. The number of rotatable bonds is 4. The zero-order valence-electron chi connectivity index (χ0n) is 10.4. The van der Waals surface area contributed by atoms with E-state index in [4.69, 9.17) is 11.6 Å². The van der Waals surface area contributed by atoms with E-state index in [-0.39, 0.29) is 17.3 Å². The molecular formula is C13H8Br2ClFN2O2. The molecule has 0 radical (unpaired) electrons. The Morgan fingerprint density at radius 2 is 2.00 bits per heavy atom. The van der Waals surface area contributed by atoms with Crippen LogP contribution in [0.4, 0.5) is 15.8 Å². The molecule has 2 aromatic rings. The molecule has 4 nitrogen and oxygen atoms in total. The fourth-order valence-corrected chi connectivity index (χ4v) is 3.06. The van der Waals surface area contributed by atoms with Crippen LogP contribution >= 0.6 is 43.5 Å². The van der Waals surface area contributed by atoms with Crippen molar-refractivity contribution in [2.75, 3.05) is 5.32 Å². The van der Waals surface area contributed by atoms with Gasteiger partial charge in [-0.1, -0.05) is 27.5 Å². The zero-order valence-corrected chi connectivity index (χ0v) is 14.3. The Kier molecular flexibility index (Phi) is 5.18. The van der Waals surface area contributed by atoms with E-state index in [1.54, 1.807) is 12.1 Å². The molecule has 2 rings (SSSR count). The Labute approximate surface area is 141 Å². The second-order valence-electron chi connectivity index (χ2n) is 4.13. The largest absolute Gasteiger partial charge is 0.379 e. The summed E-state index contributed by atoms with van der Waals surface area (Å²) in [5, 5.41) is 14.2. The van der Waals surface area contributed by atoms with Gasteiger partial charge in [0.05, 0.1) is 15.6 Å². The molecule has 0 saturated carbocycles. The van der Waals surface area contributed by atoms with Crippen molar-refractivity contribution in [3.8, 4) is 0 Å². The van der Waals surface area contributed by atoms with Crippen molar-refractivity contribution >= 4 is 54.8 Å². The van der Waals surface area contributed by atoms with Crippen molar-refractivity contribution in [1.82, 2.24) is 0 Å². The lowest BCUT2D eigenvalue weighted by Crippen LogP contribution is -2.04. The maximum atomic E-state index is 13.1. The molecule has 110 valence electrons. The third kappa shape index (κ3) is 3.93. The van der Waals surface area contributed by atoms with E-state index >= 15 is 0 Å². The Bertz CT molecular complexity index is 690. The Balaban J connectivity index is 2.27. The molecule has 0 aromatic heterocycles.